The van der Waals surface area contributed by atoms with Crippen molar-refractivity contribution >= 4 is 21.7 Å². The Hall–Kier alpha value is -2.28. The van der Waals surface area contributed by atoms with Gasteiger partial charge in [0.15, 0.2) is 5.65 Å². The molecule has 2 heterocycles. The van der Waals surface area contributed by atoms with Gasteiger partial charge in [-0.3, -0.25) is 9.36 Å². The summed E-state index contributed by atoms with van der Waals surface area (Å²) in [7, 11) is 0. The van der Waals surface area contributed by atoms with E-state index in [1.54, 1.807) is 12.1 Å². The zero-order chi connectivity index (χ0) is 18.1. The Kier molecular flexibility index (Phi) is 4.85. The first kappa shape index (κ1) is 17.5. The molecule has 2 aromatic heterocycles. The smallest absolute Gasteiger partial charge is 0.264 e. The van der Waals surface area contributed by atoms with Crippen molar-refractivity contribution in [1.82, 2.24) is 9.55 Å². The molecule has 1 N–H and O–H groups in total. The monoisotopic (exact) mass is 364 g/mol. The molecule has 0 fully saturated rings. The fourth-order valence-corrected chi connectivity index (χ4v) is 3.98. The first-order valence-electron chi connectivity index (χ1n) is 8.03. The number of fused-ring (bicyclic) bond motifs is 1. The maximum absolute atomic E-state index is 13.1. The molecule has 0 bridgehead atoms. The van der Waals surface area contributed by atoms with Crippen LogP contribution in [0.1, 0.15) is 23.9 Å². The third kappa shape index (κ3) is 3.16. The Balaban J connectivity index is 2.38. The standard InChI is InChI=1S/C18H18F2N2O2S/c1-3-6-13-21-17-16(25-13)15(23)14(11-8-5-4-7-10(11)2)18(24)22(17)9-12(19)20/h4-5,7-8,12,23H,3,6,9H2,1-2H3. The molecule has 0 aliphatic rings. The van der Waals surface area contributed by atoms with Gasteiger partial charge in [0.05, 0.1) is 17.1 Å². The Morgan fingerprint density at radius 3 is 2.68 bits per heavy atom. The van der Waals surface area contributed by atoms with Crippen LogP contribution in [0, 0.1) is 6.92 Å². The van der Waals surface area contributed by atoms with E-state index < -0.39 is 18.5 Å². The highest BCUT2D eigenvalue weighted by Gasteiger charge is 2.23. The number of pyridine rings is 1. The van der Waals surface area contributed by atoms with Crippen molar-refractivity contribution < 1.29 is 13.9 Å². The topological polar surface area (TPSA) is 55.1 Å². The van der Waals surface area contributed by atoms with Crippen molar-refractivity contribution in [3.63, 3.8) is 0 Å². The van der Waals surface area contributed by atoms with Crippen LogP contribution < -0.4 is 5.56 Å². The lowest BCUT2D eigenvalue weighted by molar-refractivity contribution is 0.126. The van der Waals surface area contributed by atoms with Crippen LogP contribution in [0.15, 0.2) is 29.1 Å². The summed E-state index contributed by atoms with van der Waals surface area (Å²) in [6.07, 6.45) is -1.18. The number of hydrogen-bond donors (Lipinski definition) is 1. The fourth-order valence-electron chi connectivity index (χ4n) is 2.86. The van der Waals surface area contributed by atoms with Gasteiger partial charge in [-0.15, -0.1) is 11.3 Å². The molecule has 132 valence electrons. The summed E-state index contributed by atoms with van der Waals surface area (Å²) in [5.41, 5.74) is 0.871. The summed E-state index contributed by atoms with van der Waals surface area (Å²) in [4.78, 5) is 17.2. The lowest BCUT2D eigenvalue weighted by Crippen LogP contribution is -2.25. The summed E-state index contributed by atoms with van der Waals surface area (Å²) in [5, 5.41) is 11.4. The Bertz CT molecular complexity index is 979. The minimum Gasteiger partial charge on any atom is -0.505 e. The second-order valence-corrected chi connectivity index (χ2v) is 6.94. The quantitative estimate of drug-likeness (QED) is 0.732. The molecule has 0 unspecified atom stereocenters. The molecule has 0 radical (unpaired) electrons. The average Bonchev–Trinajstić information content (AvgIpc) is 2.98. The molecule has 0 atom stereocenters. The third-order valence-electron chi connectivity index (χ3n) is 4.02. The van der Waals surface area contributed by atoms with E-state index in [4.69, 9.17) is 0 Å². The molecule has 3 aromatic rings. The molecule has 0 aliphatic heterocycles. The lowest BCUT2D eigenvalue weighted by Gasteiger charge is -2.13. The number of aromatic nitrogens is 2. The molecule has 0 spiro atoms. The maximum Gasteiger partial charge on any atom is 0.264 e. The molecule has 0 amide bonds. The molecule has 0 aliphatic carbocycles. The summed E-state index contributed by atoms with van der Waals surface area (Å²) in [6, 6.07) is 7.08. The van der Waals surface area contributed by atoms with Crippen molar-refractivity contribution in [2.45, 2.75) is 39.7 Å². The summed E-state index contributed by atoms with van der Waals surface area (Å²) in [5.74, 6) is -0.181. The summed E-state index contributed by atoms with van der Waals surface area (Å²) < 4.78 is 27.5. The number of thiazole rings is 1. The van der Waals surface area contributed by atoms with Crippen LogP contribution in [0.5, 0.6) is 5.75 Å². The van der Waals surface area contributed by atoms with Gasteiger partial charge in [0.1, 0.15) is 10.4 Å². The van der Waals surface area contributed by atoms with Gasteiger partial charge in [-0.25, -0.2) is 13.8 Å². The van der Waals surface area contributed by atoms with Crippen LogP contribution in [0.4, 0.5) is 8.78 Å². The predicted molar refractivity (Wildman–Crippen MR) is 95.7 cm³/mol. The molecule has 3 rings (SSSR count). The highest BCUT2D eigenvalue weighted by Crippen LogP contribution is 2.37. The fraction of sp³-hybridized carbons (Fsp3) is 0.333. The van der Waals surface area contributed by atoms with Gasteiger partial charge in [-0.05, 0) is 30.9 Å². The van der Waals surface area contributed by atoms with E-state index in [9.17, 15) is 18.7 Å². The number of rotatable bonds is 5. The molecule has 25 heavy (non-hydrogen) atoms. The molecule has 4 nitrogen and oxygen atoms in total. The average molecular weight is 364 g/mol. The molecule has 0 saturated carbocycles. The van der Waals surface area contributed by atoms with Gasteiger partial charge in [0.2, 0.25) is 0 Å². The molecular weight excluding hydrogens is 346 g/mol. The number of benzene rings is 1. The zero-order valence-corrected chi connectivity index (χ0v) is 14.7. The molecular formula is C18H18F2N2O2S. The van der Waals surface area contributed by atoms with Gasteiger partial charge in [0.25, 0.3) is 12.0 Å². The van der Waals surface area contributed by atoms with Crippen LogP contribution in [0.2, 0.25) is 0 Å². The first-order chi connectivity index (χ1) is 11.9. The van der Waals surface area contributed by atoms with E-state index in [0.29, 0.717) is 16.7 Å². The SMILES string of the molecule is CCCc1nc2c(s1)c(O)c(-c1ccccc1C)c(=O)n2CC(F)F. The normalized spacial score (nSPS) is 11.6. The van der Waals surface area contributed by atoms with Gasteiger partial charge in [-0.1, -0.05) is 31.2 Å². The van der Waals surface area contributed by atoms with Crippen molar-refractivity contribution in [3.05, 3.63) is 45.2 Å². The highest BCUT2D eigenvalue weighted by atomic mass is 32.1. The lowest BCUT2D eigenvalue weighted by atomic mass is 10.0. The van der Waals surface area contributed by atoms with Gasteiger partial charge in [-0.2, -0.15) is 0 Å². The molecule has 7 heteroatoms. The first-order valence-corrected chi connectivity index (χ1v) is 8.85. The summed E-state index contributed by atoms with van der Waals surface area (Å²) >= 11 is 1.25. The number of alkyl halides is 2. The van der Waals surface area contributed by atoms with E-state index in [0.717, 1.165) is 21.6 Å². The Morgan fingerprint density at radius 2 is 2.04 bits per heavy atom. The zero-order valence-electron chi connectivity index (χ0n) is 13.9. The van der Waals surface area contributed by atoms with Crippen LogP contribution >= 0.6 is 11.3 Å². The van der Waals surface area contributed by atoms with Crippen molar-refractivity contribution in [2.75, 3.05) is 0 Å². The number of aromatic hydroxyl groups is 1. The minimum absolute atomic E-state index is 0.0537. The second-order valence-electron chi connectivity index (χ2n) is 5.86. The third-order valence-corrected chi connectivity index (χ3v) is 5.13. The van der Waals surface area contributed by atoms with E-state index >= 15 is 0 Å². The highest BCUT2D eigenvalue weighted by molar-refractivity contribution is 7.19. The summed E-state index contributed by atoms with van der Waals surface area (Å²) in [6.45, 7) is 3.05. The maximum atomic E-state index is 13.1. The van der Waals surface area contributed by atoms with E-state index in [1.807, 2.05) is 26.0 Å². The van der Waals surface area contributed by atoms with Crippen LogP contribution in [0.25, 0.3) is 21.5 Å². The molecule has 1 aromatic carbocycles. The molecule has 0 saturated heterocycles. The van der Waals surface area contributed by atoms with Crippen LogP contribution in [-0.4, -0.2) is 21.1 Å². The Labute approximate surface area is 147 Å². The van der Waals surface area contributed by atoms with Crippen LogP contribution in [0.3, 0.4) is 0 Å². The van der Waals surface area contributed by atoms with Crippen LogP contribution in [-0.2, 0) is 13.0 Å². The van der Waals surface area contributed by atoms with Crippen molar-refractivity contribution in [2.24, 2.45) is 0 Å². The Morgan fingerprint density at radius 1 is 1.32 bits per heavy atom. The largest absolute Gasteiger partial charge is 0.505 e. The van der Waals surface area contributed by atoms with E-state index in [2.05, 4.69) is 4.98 Å². The predicted octanol–water partition coefficient (Wildman–Crippen LogP) is 4.36. The second kappa shape index (κ2) is 6.92. The van der Waals surface area contributed by atoms with Crippen molar-refractivity contribution in [3.8, 4) is 16.9 Å². The van der Waals surface area contributed by atoms with Gasteiger partial charge >= 0.3 is 0 Å². The van der Waals surface area contributed by atoms with E-state index in [1.165, 1.54) is 11.3 Å². The number of halogens is 2. The minimum atomic E-state index is -2.69. The van der Waals surface area contributed by atoms with Gasteiger partial charge in [0, 0.05) is 0 Å². The number of nitrogens with zero attached hydrogens (tertiary/aromatic N) is 2. The van der Waals surface area contributed by atoms with Gasteiger partial charge < -0.3 is 5.11 Å². The number of hydrogen-bond acceptors (Lipinski definition) is 4. The number of aryl methyl sites for hydroxylation is 2. The van der Waals surface area contributed by atoms with E-state index in [-0.39, 0.29) is 17.0 Å². The van der Waals surface area contributed by atoms with Crippen molar-refractivity contribution in [1.29, 1.82) is 0 Å².